The van der Waals surface area contributed by atoms with Gasteiger partial charge in [-0.05, 0) is 24.3 Å². The summed E-state index contributed by atoms with van der Waals surface area (Å²) in [6.45, 7) is 0. The summed E-state index contributed by atoms with van der Waals surface area (Å²) in [4.78, 5) is 8.10. The van der Waals surface area contributed by atoms with E-state index >= 15 is 0 Å². The quantitative estimate of drug-likeness (QED) is 0.804. The zero-order valence-electron chi connectivity index (χ0n) is 10.8. The van der Waals surface area contributed by atoms with E-state index in [1.165, 1.54) is 6.07 Å². The van der Waals surface area contributed by atoms with Crippen LogP contribution in [-0.2, 0) is 6.42 Å². The number of rotatable bonds is 3. The summed E-state index contributed by atoms with van der Waals surface area (Å²) in [5, 5.41) is 4.16. The van der Waals surface area contributed by atoms with Crippen molar-refractivity contribution in [3.8, 4) is 11.5 Å². The molecule has 0 aliphatic carbocycles. The molecule has 5 nitrogen and oxygen atoms in total. The van der Waals surface area contributed by atoms with Crippen molar-refractivity contribution in [3.05, 3.63) is 58.8 Å². The minimum atomic E-state index is -0.401. The minimum absolute atomic E-state index is 0.148. The van der Waals surface area contributed by atoms with E-state index in [-0.39, 0.29) is 6.42 Å². The van der Waals surface area contributed by atoms with Gasteiger partial charge in [-0.15, -0.1) is 0 Å². The lowest BCUT2D eigenvalue weighted by Crippen LogP contribution is -1.96. The van der Waals surface area contributed by atoms with Crippen molar-refractivity contribution >= 4 is 17.4 Å². The van der Waals surface area contributed by atoms with E-state index in [1.807, 2.05) is 0 Å². The van der Waals surface area contributed by atoms with E-state index in [2.05, 4.69) is 15.1 Å². The van der Waals surface area contributed by atoms with Crippen LogP contribution in [0.4, 0.5) is 10.2 Å². The van der Waals surface area contributed by atoms with Gasteiger partial charge in [0.05, 0.1) is 0 Å². The van der Waals surface area contributed by atoms with Crippen LogP contribution >= 0.6 is 11.6 Å². The van der Waals surface area contributed by atoms with Crippen molar-refractivity contribution in [3.63, 3.8) is 0 Å². The summed E-state index contributed by atoms with van der Waals surface area (Å²) in [7, 11) is 0. The molecule has 2 heterocycles. The molecule has 1 aromatic carbocycles. The first-order valence-corrected chi connectivity index (χ1v) is 6.48. The number of halogens is 2. The maximum absolute atomic E-state index is 13.7. The summed E-state index contributed by atoms with van der Waals surface area (Å²) in [5.74, 6) is 0.588. The van der Waals surface area contributed by atoms with Crippen molar-refractivity contribution in [1.82, 2.24) is 15.1 Å². The van der Waals surface area contributed by atoms with E-state index in [4.69, 9.17) is 21.9 Å². The standard InChI is InChI=1S/C14H10ClFN4O/c15-10-2-1-3-11(16)9(10)7-13-19-14(21-20-13)8-4-5-18-12(17)6-8/h1-6H,7H2,(H2,17,18). The van der Waals surface area contributed by atoms with Gasteiger partial charge in [0.2, 0.25) is 0 Å². The van der Waals surface area contributed by atoms with Crippen molar-refractivity contribution in [1.29, 1.82) is 0 Å². The minimum Gasteiger partial charge on any atom is -0.384 e. The molecule has 0 unspecified atom stereocenters. The molecule has 0 aliphatic heterocycles. The number of anilines is 1. The average Bonchev–Trinajstić information content (AvgIpc) is 2.92. The Bertz CT molecular complexity index is 770. The molecule has 3 aromatic rings. The topological polar surface area (TPSA) is 77.8 Å². The summed E-state index contributed by atoms with van der Waals surface area (Å²) < 4.78 is 18.9. The average molecular weight is 305 g/mol. The molecule has 0 atom stereocenters. The Balaban J connectivity index is 1.89. The Hall–Kier alpha value is -2.47. The number of nitrogens with zero attached hydrogens (tertiary/aromatic N) is 3. The number of hydrogen-bond acceptors (Lipinski definition) is 5. The first-order valence-electron chi connectivity index (χ1n) is 6.11. The molecule has 2 N–H and O–H groups in total. The number of pyridine rings is 1. The molecule has 0 radical (unpaired) electrons. The molecule has 3 rings (SSSR count). The highest BCUT2D eigenvalue weighted by molar-refractivity contribution is 6.31. The van der Waals surface area contributed by atoms with Gasteiger partial charge in [-0.2, -0.15) is 4.98 Å². The first-order chi connectivity index (χ1) is 10.1. The smallest absolute Gasteiger partial charge is 0.258 e. The zero-order chi connectivity index (χ0) is 14.8. The monoisotopic (exact) mass is 304 g/mol. The van der Waals surface area contributed by atoms with E-state index in [9.17, 15) is 4.39 Å². The van der Waals surface area contributed by atoms with Gasteiger partial charge >= 0.3 is 0 Å². The van der Waals surface area contributed by atoms with Crippen LogP contribution in [0.15, 0.2) is 41.1 Å². The van der Waals surface area contributed by atoms with Crippen LogP contribution in [0.25, 0.3) is 11.5 Å². The Kier molecular flexibility index (Phi) is 3.53. The largest absolute Gasteiger partial charge is 0.384 e. The molecule has 0 saturated carbocycles. The number of benzene rings is 1. The molecule has 0 fully saturated rings. The number of aromatic nitrogens is 3. The zero-order valence-corrected chi connectivity index (χ0v) is 11.5. The SMILES string of the molecule is Nc1cc(-c2nc(Cc3c(F)cccc3Cl)no2)ccn1. The lowest BCUT2D eigenvalue weighted by Gasteiger charge is -2.01. The molecule has 0 spiro atoms. The van der Waals surface area contributed by atoms with Gasteiger partial charge in [0.15, 0.2) is 5.82 Å². The second-order valence-corrected chi connectivity index (χ2v) is 4.77. The highest BCUT2D eigenvalue weighted by atomic mass is 35.5. The fourth-order valence-corrected chi connectivity index (χ4v) is 2.11. The second kappa shape index (κ2) is 5.49. The molecule has 0 aliphatic rings. The van der Waals surface area contributed by atoms with Gasteiger partial charge < -0.3 is 10.3 Å². The van der Waals surface area contributed by atoms with Gasteiger partial charge in [-0.3, -0.25) is 0 Å². The molecule has 2 aromatic heterocycles. The van der Waals surface area contributed by atoms with Crippen molar-refractivity contribution in [2.45, 2.75) is 6.42 Å². The predicted molar refractivity (Wildman–Crippen MR) is 76.2 cm³/mol. The Labute approximate surface area is 124 Å². The Morgan fingerprint density at radius 1 is 1.29 bits per heavy atom. The molecule has 106 valence electrons. The predicted octanol–water partition coefficient (Wildman–Crippen LogP) is 3.10. The molecule has 21 heavy (non-hydrogen) atoms. The van der Waals surface area contributed by atoms with Crippen LogP contribution in [0, 0.1) is 5.82 Å². The van der Waals surface area contributed by atoms with Crippen molar-refractivity contribution in [2.75, 3.05) is 5.73 Å². The van der Waals surface area contributed by atoms with Gasteiger partial charge in [0.25, 0.3) is 5.89 Å². The fourth-order valence-electron chi connectivity index (χ4n) is 1.88. The third-order valence-electron chi connectivity index (χ3n) is 2.89. The normalized spacial score (nSPS) is 10.8. The summed E-state index contributed by atoms with van der Waals surface area (Å²) in [5.41, 5.74) is 6.59. The summed E-state index contributed by atoms with van der Waals surface area (Å²) in [6.07, 6.45) is 1.69. The molecule has 0 bridgehead atoms. The second-order valence-electron chi connectivity index (χ2n) is 4.36. The molecule has 7 heteroatoms. The summed E-state index contributed by atoms with van der Waals surface area (Å²) >= 11 is 5.97. The molecular formula is C14H10ClFN4O. The van der Waals surface area contributed by atoms with Gasteiger partial charge in [0.1, 0.15) is 11.6 Å². The lowest BCUT2D eigenvalue weighted by atomic mass is 10.1. The molecular weight excluding hydrogens is 295 g/mol. The van der Waals surface area contributed by atoms with Crippen molar-refractivity contribution in [2.24, 2.45) is 0 Å². The lowest BCUT2D eigenvalue weighted by molar-refractivity contribution is 0.423. The third-order valence-corrected chi connectivity index (χ3v) is 3.25. The summed E-state index contributed by atoms with van der Waals surface area (Å²) in [6, 6.07) is 7.82. The molecule has 0 amide bonds. The van der Waals surface area contributed by atoms with E-state index < -0.39 is 5.82 Å². The first kappa shape index (κ1) is 13.5. The van der Waals surface area contributed by atoms with Crippen LogP contribution < -0.4 is 5.73 Å². The number of nitrogen functional groups attached to an aromatic ring is 1. The third kappa shape index (κ3) is 2.85. The van der Waals surface area contributed by atoms with Crippen LogP contribution in [-0.4, -0.2) is 15.1 Å². The maximum Gasteiger partial charge on any atom is 0.258 e. The Morgan fingerprint density at radius 2 is 2.14 bits per heavy atom. The number of hydrogen-bond donors (Lipinski definition) is 1. The van der Waals surface area contributed by atoms with E-state index in [0.29, 0.717) is 33.7 Å². The van der Waals surface area contributed by atoms with E-state index in [1.54, 1.807) is 30.5 Å². The van der Waals surface area contributed by atoms with Gasteiger partial charge in [-0.1, -0.05) is 22.8 Å². The van der Waals surface area contributed by atoms with Gasteiger partial charge in [-0.25, -0.2) is 9.37 Å². The number of nitrogens with two attached hydrogens (primary N) is 1. The van der Waals surface area contributed by atoms with Crippen LogP contribution in [0.1, 0.15) is 11.4 Å². The van der Waals surface area contributed by atoms with Crippen LogP contribution in [0.3, 0.4) is 0 Å². The fraction of sp³-hybridized carbons (Fsp3) is 0.0714. The van der Waals surface area contributed by atoms with Crippen LogP contribution in [0.5, 0.6) is 0 Å². The highest BCUT2D eigenvalue weighted by Crippen LogP contribution is 2.23. The van der Waals surface area contributed by atoms with Crippen molar-refractivity contribution < 1.29 is 8.91 Å². The van der Waals surface area contributed by atoms with Gasteiger partial charge in [0, 0.05) is 28.8 Å². The maximum atomic E-state index is 13.7. The van der Waals surface area contributed by atoms with Crippen LogP contribution in [0.2, 0.25) is 5.02 Å². The Morgan fingerprint density at radius 3 is 2.90 bits per heavy atom. The highest BCUT2D eigenvalue weighted by Gasteiger charge is 2.14. The molecule has 0 saturated heterocycles. The van der Waals surface area contributed by atoms with E-state index in [0.717, 1.165) is 0 Å².